The second-order valence-electron chi connectivity index (χ2n) is 3.76. The van der Waals surface area contributed by atoms with Crippen LogP contribution in [-0.2, 0) is 0 Å². The van der Waals surface area contributed by atoms with Crippen molar-refractivity contribution in [2.45, 2.75) is 13.8 Å². The number of hydrogen-bond acceptors (Lipinski definition) is 1. The van der Waals surface area contributed by atoms with Gasteiger partial charge in [-0.25, -0.2) is 0 Å². The number of halogens is 2. The van der Waals surface area contributed by atoms with E-state index in [9.17, 15) is 0 Å². The average Bonchev–Trinajstić information content (AvgIpc) is 2.29. The molecule has 0 bridgehead atoms. The first-order chi connectivity index (χ1) is 8.00. The molecule has 0 aliphatic rings. The van der Waals surface area contributed by atoms with E-state index in [2.05, 4.69) is 38.1 Å². The highest BCUT2D eigenvalue weighted by atomic mass is 35.5. The summed E-state index contributed by atoms with van der Waals surface area (Å²) in [6, 6.07) is 13.3. The molecule has 2 N–H and O–H groups in total. The number of nitrogens with two attached hydrogens (primary N) is 1. The van der Waals surface area contributed by atoms with Crippen molar-refractivity contribution in [1.29, 1.82) is 0 Å². The number of nitrogen functional groups attached to an aromatic ring is 1. The minimum absolute atomic E-state index is 0.497. The number of hydrogen-bond donors (Lipinski definition) is 1. The van der Waals surface area contributed by atoms with Gasteiger partial charge in [0.2, 0.25) is 0 Å². The van der Waals surface area contributed by atoms with E-state index in [1.807, 2.05) is 0 Å². The van der Waals surface area contributed by atoms with Gasteiger partial charge in [0.25, 0.3) is 0 Å². The van der Waals surface area contributed by atoms with Gasteiger partial charge < -0.3 is 5.73 Å². The van der Waals surface area contributed by atoms with Gasteiger partial charge in [0, 0.05) is 5.69 Å². The Balaban J connectivity index is 0.000000171. The molecule has 0 aliphatic heterocycles. The first kappa shape index (κ1) is 13.9. The molecule has 0 aliphatic carbocycles. The molecule has 0 saturated heterocycles. The molecule has 0 spiro atoms. The van der Waals surface area contributed by atoms with E-state index in [-0.39, 0.29) is 0 Å². The molecule has 0 amide bonds. The zero-order chi connectivity index (χ0) is 12.8. The van der Waals surface area contributed by atoms with Crippen molar-refractivity contribution in [3.8, 4) is 0 Å². The standard InChI is InChI=1S/C8H10.C6H5Cl2N/c1-7-5-3-4-6-8(7)2;7-5-2-1-4(9)3-6(5)8/h3-6H,1-2H3;1-3H,9H2. The third kappa shape index (κ3) is 4.68. The molecule has 90 valence electrons. The second kappa shape index (κ2) is 6.53. The Kier molecular flexibility index (Phi) is 5.33. The molecular formula is C14H15Cl2N. The summed E-state index contributed by atoms with van der Waals surface area (Å²) in [7, 11) is 0. The van der Waals surface area contributed by atoms with Crippen LogP contribution in [0, 0.1) is 13.8 Å². The van der Waals surface area contributed by atoms with Crippen molar-refractivity contribution < 1.29 is 0 Å². The predicted octanol–water partition coefficient (Wildman–Crippen LogP) is 4.88. The van der Waals surface area contributed by atoms with E-state index in [1.54, 1.807) is 18.2 Å². The third-order valence-electron chi connectivity index (χ3n) is 2.37. The van der Waals surface area contributed by atoms with E-state index in [4.69, 9.17) is 28.9 Å². The van der Waals surface area contributed by atoms with Gasteiger partial charge in [-0.1, -0.05) is 47.5 Å². The molecule has 2 rings (SSSR count). The molecule has 2 aromatic carbocycles. The number of benzene rings is 2. The molecule has 0 aromatic heterocycles. The monoisotopic (exact) mass is 267 g/mol. The van der Waals surface area contributed by atoms with E-state index in [1.165, 1.54) is 11.1 Å². The topological polar surface area (TPSA) is 26.0 Å². The molecule has 0 heterocycles. The van der Waals surface area contributed by atoms with Crippen molar-refractivity contribution in [1.82, 2.24) is 0 Å². The minimum atomic E-state index is 0.497. The van der Waals surface area contributed by atoms with Crippen LogP contribution in [0.4, 0.5) is 5.69 Å². The van der Waals surface area contributed by atoms with E-state index in [0.29, 0.717) is 15.7 Å². The van der Waals surface area contributed by atoms with Crippen molar-refractivity contribution in [2.75, 3.05) is 5.73 Å². The Hall–Kier alpha value is -1.18. The van der Waals surface area contributed by atoms with Crippen LogP contribution in [0.2, 0.25) is 10.0 Å². The summed E-state index contributed by atoms with van der Waals surface area (Å²) >= 11 is 11.2. The third-order valence-corrected chi connectivity index (χ3v) is 3.11. The van der Waals surface area contributed by atoms with Crippen LogP contribution in [-0.4, -0.2) is 0 Å². The lowest BCUT2D eigenvalue weighted by molar-refractivity contribution is 1.34. The van der Waals surface area contributed by atoms with Gasteiger partial charge in [0.05, 0.1) is 10.0 Å². The lowest BCUT2D eigenvalue weighted by atomic mass is 10.1. The lowest BCUT2D eigenvalue weighted by Crippen LogP contribution is -1.82. The van der Waals surface area contributed by atoms with E-state index < -0.39 is 0 Å². The zero-order valence-electron chi connectivity index (χ0n) is 9.87. The summed E-state index contributed by atoms with van der Waals surface area (Å²) in [6.45, 7) is 4.24. The van der Waals surface area contributed by atoms with Crippen LogP contribution >= 0.6 is 23.2 Å². The van der Waals surface area contributed by atoms with Gasteiger partial charge in [-0.3, -0.25) is 0 Å². The largest absolute Gasteiger partial charge is 0.399 e. The summed E-state index contributed by atoms with van der Waals surface area (Å²) in [5.74, 6) is 0. The molecular weight excluding hydrogens is 253 g/mol. The Morgan fingerprint density at radius 1 is 0.824 bits per heavy atom. The molecule has 17 heavy (non-hydrogen) atoms. The highest BCUT2D eigenvalue weighted by molar-refractivity contribution is 6.42. The van der Waals surface area contributed by atoms with Crippen LogP contribution in [0.5, 0.6) is 0 Å². The molecule has 0 radical (unpaired) electrons. The molecule has 0 fully saturated rings. The van der Waals surface area contributed by atoms with Crippen molar-refractivity contribution in [2.24, 2.45) is 0 Å². The van der Waals surface area contributed by atoms with Crippen LogP contribution < -0.4 is 5.73 Å². The van der Waals surface area contributed by atoms with Crippen molar-refractivity contribution in [3.63, 3.8) is 0 Å². The van der Waals surface area contributed by atoms with Crippen molar-refractivity contribution >= 4 is 28.9 Å². The normalized spacial score (nSPS) is 9.41. The lowest BCUT2D eigenvalue weighted by Gasteiger charge is -1.94. The molecule has 3 heteroatoms. The predicted molar refractivity (Wildman–Crippen MR) is 76.8 cm³/mol. The summed E-state index contributed by atoms with van der Waals surface area (Å²) in [5, 5.41) is 1.03. The molecule has 1 nitrogen and oxygen atoms in total. The van der Waals surface area contributed by atoms with Gasteiger partial charge >= 0.3 is 0 Å². The van der Waals surface area contributed by atoms with Gasteiger partial charge in [0.15, 0.2) is 0 Å². The Morgan fingerprint density at radius 3 is 1.71 bits per heavy atom. The van der Waals surface area contributed by atoms with Gasteiger partial charge in [-0.15, -0.1) is 0 Å². The SMILES string of the molecule is Cc1ccccc1C.Nc1ccc(Cl)c(Cl)c1. The Labute approximate surface area is 112 Å². The second-order valence-corrected chi connectivity index (χ2v) is 4.57. The van der Waals surface area contributed by atoms with Crippen LogP contribution in [0.25, 0.3) is 0 Å². The quantitative estimate of drug-likeness (QED) is 0.677. The van der Waals surface area contributed by atoms with Gasteiger partial charge in [-0.2, -0.15) is 0 Å². The van der Waals surface area contributed by atoms with E-state index >= 15 is 0 Å². The first-order valence-corrected chi connectivity index (χ1v) is 5.99. The highest BCUT2D eigenvalue weighted by Gasteiger charge is 1.94. The maximum atomic E-state index is 5.60. The molecule has 2 aromatic rings. The Morgan fingerprint density at radius 2 is 1.35 bits per heavy atom. The maximum absolute atomic E-state index is 5.60. The maximum Gasteiger partial charge on any atom is 0.0612 e. The fourth-order valence-electron chi connectivity index (χ4n) is 1.18. The van der Waals surface area contributed by atoms with Gasteiger partial charge in [0.1, 0.15) is 0 Å². The summed E-state index contributed by atoms with van der Waals surface area (Å²) in [6.07, 6.45) is 0. The van der Waals surface area contributed by atoms with Crippen LogP contribution in [0.1, 0.15) is 11.1 Å². The smallest absolute Gasteiger partial charge is 0.0612 e. The fraction of sp³-hybridized carbons (Fsp3) is 0.143. The minimum Gasteiger partial charge on any atom is -0.399 e. The van der Waals surface area contributed by atoms with Crippen molar-refractivity contribution in [3.05, 3.63) is 63.6 Å². The first-order valence-electron chi connectivity index (χ1n) is 5.23. The summed E-state index contributed by atoms with van der Waals surface area (Å²) in [5.41, 5.74) is 8.75. The van der Waals surface area contributed by atoms with E-state index in [0.717, 1.165) is 0 Å². The zero-order valence-corrected chi connectivity index (χ0v) is 11.4. The fourth-order valence-corrected chi connectivity index (χ4v) is 1.48. The highest BCUT2D eigenvalue weighted by Crippen LogP contribution is 2.23. The Bertz CT molecular complexity index is 474. The number of rotatable bonds is 0. The number of aryl methyl sites for hydroxylation is 2. The summed E-state index contributed by atoms with van der Waals surface area (Å²) < 4.78 is 0. The number of anilines is 1. The summed E-state index contributed by atoms with van der Waals surface area (Å²) in [4.78, 5) is 0. The molecule has 0 saturated carbocycles. The van der Waals surface area contributed by atoms with Crippen LogP contribution in [0.3, 0.4) is 0 Å². The average molecular weight is 268 g/mol. The van der Waals surface area contributed by atoms with Gasteiger partial charge in [-0.05, 0) is 43.2 Å². The molecule has 0 atom stereocenters. The molecule has 0 unspecified atom stereocenters. The van der Waals surface area contributed by atoms with Crippen LogP contribution in [0.15, 0.2) is 42.5 Å².